The Hall–Kier alpha value is -2.18. The molecule has 0 aromatic heterocycles. The molecule has 2 rings (SSSR count). The summed E-state index contributed by atoms with van der Waals surface area (Å²) < 4.78 is 24.2. The summed E-state index contributed by atoms with van der Waals surface area (Å²) in [6.45, 7) is 0. The van der Waals surface area contributed by atoms with Crippen LogP contribution in [0.3, 0.4) is 0 Å². The van der Waals surface area contributed by atoms with Crippen molar-refractivity contribution < 1.29 is 13.3 Å². The molecule has 2 aromatic rings. The number of hydrogen-bond donors (Lipinski definition) is 0. The summed E-state index contributed by atoms with van der Waals surface area (Å²) in [6, 6.07) is 12.8. The van der Waals surface area contributed by atoms with Crippen LogP contribution in [0, 0.1) is 10.1 Å². The molecule has 0 bridgehead atoms. The Morgan fingerprint density at radius 3 is 2.45 bits per heavy atom. The predicted molar refractivity (Wildman–Crippen MR) is 86.2 cm³/mol. The minimum absolute atomic E-state index is 0.0650. The molecular formula is C15H12ClNO4S. The van der Waals surface area contributed by atoms with Crippen LogP contribution in [0.5, 0.6) is 0 Å². The second kappa shape index (κ2) is 6.72. The lowest BCUT2D eigenvalue weighted by atomic mass is 10.2. The van der Waals surface area contributed by atoms with Gasteiger partial charge in [0.05, 0.1) is 10.7 Å². The summed E-state index contributed by atoms with van der Waals surface area (Å²) in [7, 11) is -3.65. The summed E-state index contributed by atoms with van der Waals surface area (Å²) in [6.07, 6.45) is 1.45. The van der Waals surface area contributed by atoms with Crippen LogP contribution in [0.4, 0.5) is 5.69 Å². The molecule has 0 amide bonds. The van der Waals surface area contributed by atoms with Crippen LogP contribution < -0.4 is 0 Å². The van der Waals surface area contributed by atoms with Crippen molar-refractivity contribution in [3.63, 3.8) is 0 Å². The van der Waals surface area contributed by atoms with Gasteiger partial charge >= 0.3 is 0 Å². The van der Waals surface area contributed by atoms with Crippen LogP contribution in [0.25, 0.3) is 6.08 Å². The Labute approximate surface area is 132 Å². The first-order valence-electron chi connectivity index (χ1n) is 6.26. The van der Waals surface area contributed by atoms with Crippen LogP contribution in [0.2, 0.25) is 5.02 Å². The largest absolute Gasteiger partial charge is 0.273 e. The van der Waals surface area contributed by atoms with Crippen molar-refractivity contribution in [3.8, 4) is 0 Å². The maximum atomic E-state index is 12.1. The second-order valence-electron chi connectivity index (χ2n) is 4.55. The number of rotatable bonds is 5. The first-order chi connectivity index (χ1) is 10.4. The number of hydrogen-bond acceptors (Lipinski definition) is 4. The predicted octanol–water partition coefficient (Wildman–Crippen LogP) is 3.83. The van der Waals surface area contributed by atoms with Gasteiger partial charge in [-0.05, 0) is 23.8 Å². The third kappa shape index (κ3) is 4.41. The van der Waals surface area contributed by atoms with E-state index in [-0.39, 0.29) is 16.3 Å². The molecule has 2 aromatic carbocycles. The molecule has 0 radical (unpaired) electrons. The number of nitrogens with zero attached hydrogens (tertiary/aromatic N) is 1. The second-order valence-corrected chi connectivity index (χ2v) is 6.87. The maximum Gasteiger partial charge on any atom is 0.273 e. The minimum Gasteiger partial charge on any atom is -0.258 e. The van der Waals surface area contributed by atoms with Crippen molar-refractivity contribution in [2.45, 2.75) is 5.75 Å². The highest BCUT2D eigenvalue weighted by Gasteiger charge is 2.19. The van der Waals surface area contributed by atoms with Crippen molar-refractivity contribution in [1.29, 1.82) is 0 Å². The van der Waals surface area contributed by atoms with Crippen LogP contribution in [-0.2, 0) is 15.6 Å². The monoisotopic (exact) mass is 337 g/mol. The van der Waals surface area contributed by atoms with Gasteiger partial charge in [-0.15, -0.1) is 0 Å². The zero-order valence-electron chi connectivity index (χ0n) is 11.3. The van der Waals surface area contributed by atoms with Crippen LogP contribution in [-0.4, -0.2) is 13.3 Å². The average molecular weight is 338 g/mol. The zero-order valence-corrected chi connectivity index (χ0v) is 12.9. The van der Waals surface area contributed by atoms with Crippen molar-refractivity contribution in [2.24, 2.45) is 0 Å². The quantitative estimate of drug-likeness (QED) is 0.613. The summed E-state index contributed by atoms with van der Waals surface area (Å²) >= 11 is 5.79. The van der Waals surface area contributed by atoms with Gasteiger partial charge in [-0.3, -0.25) is 10.1 Å². The third-order valence-corrected chi connectivity index (χ3v) is 4.36. The Kier molecular flexibility index (Phi) is 4.95. The smallest absolute Gasteiger partial charge is 0.258 e. The van der Waals surface area contributed by atoms with Gasteiger partial charge < -0.3 is 0 Å². The van der Waals surface area contributed by atoms with E-state index in [1.165, 1.54) is 24.3 Å². The van der Waals surface area contributed by atoms with E-state index in [1.54, 1.807) is 24.3 Å². The van der Waals surface area contributed by atoms with Crippen molar-refractivity contribution >= 4 is 33.2 Å². The molecule has 0 N–H and O–H groups in total. The molecule has 7 heteroatoms. The minimum atomic E-state index is -3.65. The van der Waals surface area contributed by atoms with E-state index >= 15 is 0 Å². The van der Waals surface area contributed by atoms with Gasteiger partial charge in [0.2, 0.25) is 0 Å². The van der Waals surface area contributed by atoms with Crippen LogP contribution in [0.15, 0.2) is 53.9 Å². The zero-order chi connectivity index (χ0) is 16.2. The van der Waals surface area contributed by atoms with Gasteiger partial charge in [-0.1, -0.05) is 41.9 Å². The van der Waals surface area contributed by atoms with Crippen molar-refractivity contribution in [1.82, 2.24) is 0 Å². The summed E-state index contributed by atoms with van der Waals surface area (Å²) in [5.41, 5.74) is 0.531. The van der Waals surface area contributed by atoms with Crippen molar-refractivity contribution in [2.75, 3.05) is 0 Å². The molecule has 5 nitrogen and oxygen atoms in total. The molecule has 0 saturated carbocycles. The van der Waals surface area contributed by atoms with Gasteiger partial charge in [-0.2, -0.15) is 0 Å². The Morgan fingerprint density at radius 2 is 1.82 bits per heavy atom. The maximum absolute atomic E-state index is 12.1. The number of benzene rings is 2. The van der Waals surface area contributed by atoms with E-state index in [2.05, 4.69) is 0 Å². The standard InChI is InChI=1S/C15H12ClNO4S/c16-14-6-7-15(17(18)19)13(10-14)11-22(20,21)9-8-12-4-2-1-3-5-12/h1-10H,11H2/b9-8+. The van der Waals surface area contributed by atoms with Crippen LogP contribution in [0.1, 0.15) is 11.1 Å². The number of sulfone groups is 1. The highest BCUT2D eigenvalue weighted by Crippen LogP contribution is 2.25. The molecule has 0 unspecified atom stereocenters. The summed E-state index contributed by atoms with van der Waals surface area (Å²) in [5, 5.41) is 12.2. The number of halogens is 1. The first kappa shape index (κ1) is 16.2. The first-order valence-corrected chi connectivity index (χ1v) is 8.35. The summed E-state index contributed by atoms with van der Waals surface area (Å²) in [4.78, 5) is 10.3. The molecule has 22 heavy (non-hydrogen) atoms. The molecule has 0 aliphatic heterocycles. The molecule has 0 saturated heterocycles. The molecule has 0 atom stereocenters. The van der Waals surface area contributed by atoms with Gasteiger partial charge in [0.25, 0.3) is 5.69 Å². The number of nitro groups is 1. The fraction of sp³-hybridized carbons (Fsp3) is 0.0667. The summed E-state index contributed by atoms with van der Waals surface area (Å²) in [5.74, 6) is -0.479. The lowest BCUT2D eigenvalue weighted by Gasteiger charge is -2.03. The normalized spacial score (nSPS) is 11.7. The molecule has 0 spiro atoms. The molecular weight excluding hydrogens is 326 g/mol. The van der Waals surface area contributed by atoms with Gasteiger partial charge in [0, 0.05) is 22.1 Å². The van der Waals surface area contributed by atoms with Gasteiger partial charge in [0.15, 0.2) is 9.84 Å². The lowest BCUT2D eigenvalue weighted by molar-refractivity contribution is -0.385. The highest BCUT2D eigenvalue weighted by atomic mass is 35.5. The average Bonchev–Trinajstić information content (AvgIpc) is 2.46. The highest BCUT2D eigenvalue weighted by molar-refractivity contribution is 7.93. The number of nitro benzene ring substituents is 1. The van der Waals surface area contributed by atoms with E-state index in [1.807, 2.05) is 6.07 Å². The molecule has 0 heterocycles. The molecule has 0 fully saturated rings. The van der Waals surface area contributed by atoms with E-state index in [0.717, 1.165) is 11.0 Å². The fourth-order valence-electron chi connectivity index (χ4n) is 1.86. The van der Waals surface area contributed by atoms with Gasteiger partial charge in [-0.25, -0.2) is 8.42 Å². The van der Waals surface area contributed by atoms with E-state index in [4.69, 9.17) is 11.6 Å². The Bertz CT molecular complexity index is 817. The molecule has 114 valence electrons. The topological polar surface area (TPSA) is 77.3 Å². The van der Waals surface area contributed by atoms with E-state index in [9.17, 15) is 18.5 Å². The Balaban J connectivity index is 2.28. The fourth-order valence-corrected chi connectivity index (χ4v) is 3.18. The van der Waals surface area contributed by atoms with E-state index in [0.29, 0.717) is 0 Å². The van der Waals surface area contributed by atoms with Gasteiger partial charge in [0.1, 0.15) is 0 Å². The lowest BCUT2D eigenvalue weighted by Crippen LogP contribution is -2.03. The SMILES string of the molecule is O=[N+]([O-])c1ccc(Cl)cc1CS(=O)(=O)/C=C/c1ccccc1. The third-order valence-electron chi connectivity index (χ3n) is 2.86. The van der Waals surface area contributed by atoms with Crippen LogP contribution >= 0.6 is 11.6 Å². The van der Waals surface area contributed by atoms with Crippen molar-refractivity contribution in [3.05, 3.63) is 80.2 Å². The van der Waals surface area contributed by atoms with E-state index < -0.39 is 20.5 Å². The molecule has 0 aliphatic rings. The molecule has 0 aliphatic carbocycles. The Morgan fingerprint density at radius 1 is 1.14 bits per heavy atom.